The van der Waals surface area contributed by atoms with E-state index >= 15 is 0 Å². The number of benzene rings is 1. The predicted octanol–water partition coefficient (Wildman–Crippen LogP) is 3.16. The molecule has 0 fully saturated rings. The van der Waals surface area contributed by atoms with Crippen LogP contribution in [0, 0.1) is 0 Å². The molecule has 5 nitrogen and oxygen atoms in total. The topological polar surface area (TPSA) is 86.5 Å². The number of aliphatic imine (C=N–C) groups is 1. The van der Waals surface area contributed by atoms with E-state index in [0.29, 0.717) is 18.1 Å². The van der Waals surface area contributed by atoms with Crippen LogP contribution < -0.4 is 11.5 Å². The Balaban J connectivity index is 2.12. The van der Waals surface area contributed by atoms with Crippen LogP contribution in [0.4, 0.5) is 5.69 Å². The standard InChI is InChI=1S/C20H22N4O/c1-3-24-20(22)19-17(11-23-12-18(19)21)15-8-7-14-10-16(25-2)6-4-5-13(14)9-15/h4,6-12H,3,5,21H2,1-2H3,(H2,22,24). The first kappa shape index (κ1) is 16.8. The van der Waals surface area contributed by atoms with Crippen molar-refractivity contribution in [2.24, 2.45) is 10.7 Å². The molecular formula is C20H22N4O. The number of amidine groups is 1. The number of aromatic nitrogens is 1. The SMILES string of the molecule is CCN=C(N)c1c(N)cncc1-c1ccc2c(c1)CC=CC(OC)=C2. The van der Waals surface area contributed by atoms with Crippen LogP contribution in [-0.4, -0.2) is 24.5 Å². The van der Waals surface area contributed by atoms with Gasteiger partial charge in [0.15, 0.2) is 0 Å². The van der Waals surface area contributed by atoms with Gasteiger partial charge >= 0.3 is 0 Å². The third-order valence-corrected chi connectivity index (χ3v) is 4.17. The third kappa shape index (κ3) is 3.40. The van der Waals surface area contributed by atoms with E-state index in [2.05, 4.69) is 28.2 Å². The average molecular weight is 334 g/mol. The molecule has 3 rings (SSSR count). The summed E-state index contributed by atoms with van der Waals surface area (Å²) >= 11 is 0. The van der Waals surface area contributed by atoms with Gasteiger partial charge in [0.25, 0.3) is 0 Å². The summed E-state index contributed by atoms with van der Waals surface area (Å²) < 4.78 is 5.35. The molecule has 0 spiro atoms. The van der Waals surface area contributed by atoms with Crippen LogP contribution in [0.5, 0.6) is 0 Å². The van der Waals surface area contributed by atoms with Gasteiger partial charge in [-0.25, -0.2) is 0 Å². The monoisotopic (exact) mass is 334 g/mol. The number of ether oxygens (including phenoxy) is 1. The van der Waals surface area contributed by atoms with Crippen LogP contribution in [0.25, 0.3) is 17.2 Å². The molecule has 128 valence electrons. The van der Waals surface area contributed by atoms with Gasteiger partial charge in [0, 0.05) is 18.3 Å². The van der Waals surface area contributed by atoms with Crippen LogP contribution >= 0.6 is 0 Å². The van der Waals surface area contributed by atoms with Crippen LogP contribution in [0.2, 0.25) is 0 Å². The molecule has 1 aliphatic carbocycles. The Morgan fingerprint density at radius 3 is 2.92 bits per heavy atom. The molecule has 0 aliphatic heterocycles. The van der Waals surface area contributed by atoms with Crippen molar-refractivity contribution < 1.29 is 4.74 Å². The van der Waals surface area contributed by atoms with Crippen molar-refractivity contribution in [3.63, 3.8) is 0 Å². The summed E-state index contributed by atoms with van der Waals surface area (Å²) in [6.07, 6.45) is 10.3. The van der Waals surface area contributed by atoms with E-state index in [4.69, 9.17) is 16.2 Å². The zero-order valence-corrected chi connectivity index (χ0v) is 14.5. The number of pyridine rings is 1. The van der Waals surface area contributed by atoms with Gasteiger partial charge in [0.2, 0.25) is 0 Å². The van der Waals surface area contributed by atoms with Crippen molar-refractivity contribution in [1.82, 2.24) is 4.98 Å². The van der Waals surface area contributed by atoms with E-state index < -0.39 is 0 Å². The van der Waals surface area contributed by atoms with Crippen molar-refractivity contribution in [2.45, 2.75) is 13.3 Å². The minimum atomic E-state index is 0.439. The van der Waals surface area contributed by atoms with Crippen molar-refractivity contribution >= 4 is 17.6 Å². The largest absolute Gasteiger partial charge is 0.497 e. The zero-order valence-electron chi connectivity index (χ0n) is 14.5. The van der Waals surface area contributed by atoms with Crippen molar-refractivity contribution in [3.8, 4) is 11.1 Å². The summed E-state index contributed by atoms with van der Waals surface area (Å²) in [5.74, 6) is 1.28. The Morgan fingerprint density at radius 2 is 2.16 bits per heavy atom. The number of fused-ring (bicyclic) bond motifs is 1. The van der Waals surface area contributed by atoms with Crippen LogP contribution in [0.3, 0.4) is 0 Å². The molecule has 0 amide bonds. The first-order valence-electron chi connectivity index (χ1n) is 8.23. The van der Waals surface area contributed by atoms with Crippen molar-refractivity contribution in [3.05, 3.63) is 65.2 Å². The maximum atomic E-state index is 6.15. The molecule has 0 unspecified atom stereocenters. The lowest BCUT2D eigenvalue weighted by Gasteiger charge is -2.13. The predicted molar refractivity (Wildman–Crippen MR) is 103 cm³/mol. The quantitative estimate of drug-likeness (QED) is 0.664. The molecule has 25 heavy (non-hydrogen) atoms. The number of nitrogen functional groups attached to an aromatic ring is 1. The van der Waals surface area contributed by atoms with E-state index in [1.807, 2.05) is 25.1 Å². The molecule has 1 heterocycles. The van der Waals surface area contributed by atoms with Crippen LogP contribution in [0.15, 0.2) is 53.5 Å². The fourth-order valence-electron chi connectivity index (χ4n) is 2.95. The van der Waals surface area contributed by atoms with E-state index in [0.717, 1.165) is 34.4 Å². The fraction of sp³-hybridized carbons (Fsp3) is 0.200. The number of allylic oxidation sites excluding steroid dienone is 2. The van der Waals surface area contributed by atoms with Crippen LogP contribution in [-0.2, 0) is 11.2 Å². The highest BCUT2D eigenvalue weighted by Gasteiger charge is 2.14. The van der Waals surface area contributed by atoms with E-state index in [1.54, 1.807) is 19.5 Å². The molecule has 0 saturated carbocycles. The summed E-state index contributed by atoms with van der Waals surface area (Å²) in [5, 5.41) is 0. The Bertz CT molecular complexity index is 881. The van der Waals surface area contributed by atoms with E-state index in [-0.39, 0.29) is 0 Å². The summed E-state index contributed by atoms with van der Waals surface area (Å²) in [6.45, 7) is 2.55. The summed E-state index contributed by atoms with van der Waals surface area (Å²) in [4.78, 5) is 8.55. The fourth-order valence-corrected chi connectivity index (χ4v) is 2.95. The van der Waals surface area contributed by atoms with Crippen molar-refractivity contribution in [1.29, 1.82) is 0 Å². The zero-order chi connectivity index (χ0) is 17.8. The van der Waals surface area contributed by atoms with Gasteiger partial charge in [-0.3, -0.25) is 9.98 Å². The van der Waals surface area contributed by atoms with E-state index in [1.165, 1.54) is 5.56 Å². The van der Waals surface area contributed by atoms with Crippen molar-refractivity contribution in [2.75, 3.05) is 19.4 Å². The maximum Gasteiger partial charge on any atom is 0.128 e. The molecule has 2 aromatic rings. The lowest BCUT2D eigenvalue weighted by molar-refractivity contribution is 0.310. The second-order valence-corrected chi connectivity index (χ2v) is 5.78. The van der Waals surface area contributed by atoms with Gasteiger partial charge in [0.05, 0.1) is 24.6 Å². The maximum absolute atomic E-state index is 6.15. The van der Waals surface area contributed by atoms with Gasteiger partial charge < -0.3 is 16.2 Å². The number of anilines is 1. The second-order valence-electron chi connectivity index (χ2n) is 5.78. The number of hydrogen-bond donors (Lipinski definition) is 2. The minimum absolute atomic E-state index is 0.439. The second kappa shape index (κ2) is 7.21. The molecule has 0 bridgehead atoms. The van der Waals surface area contributed by atoms with Gasteiger partial charge in [-0.2, -0.15) is 0 Å². The first-order valence-corrected chi connectivity index (χ1v) is 8.23. The van der Waals surface area contributed by atoms with Gasteiger partial charge in [-0.15, -0.1) is 0 Å². The Hall–Kier alpha value is -3.08. The molecule has 1 aromatic heterocycles. The highest BCUT2D eigenvalue weighted by Crippen LogP contribution is 2.30. The van der Waals surface area contributed by atoms with Gasteiger partial charge in [-0.05, 0) is 42.2 Å². The third-order valence-electron chi connectivity index (χ3n) is 4.17. The number of nitrogens with two attached hydrogens (primary N) is 2. The Kier molecular flexibility index (Phi) is 4.84. The molecular weight excluding hydrogens is 312 g/mol. The number of rotatable bonds is 4. The molecule has 5 heteroatoms. The number of hydrogen-bond acceptors (Lipinski definition) is 4. The number of nitrogens with zero attached hydrogens (tertiary/aromatic N) is 2. The molecule has 0 saturated heterocycles. The molecule has 4 N–H and O–H groups in total. The lowest BCUT2D eigenvalue weighted by Crippen LogP contribution is -2.17. The lowest BCUT2D eigenvalue weighted by atomic mass is 9.95. The Morgan fingerprint density at radius 1 is 1.32 bits per heavy atom. The smallest absolute Gasteiger partial charge is 0.128 e. The first-order chi connectivity index (χ1) is 12.1. The normalized spacial score (nSPS) is 13.8. The van der Waals surface area contributed by atoms with E-state index in [9.17, 15) is 0 Å². The average Bonchev–Trinajstić information content (AvgIpc) is 2.82. The van der Waals surface area contributed by atoms with Crippen LogP contribution in [0.1, 0.15) is 23.6 Å². The minimum Gasteiger partial charge on any atom is -0.497 e. The molecule has 0 atom stereocenters. The summed E-state index contributed by atoms with van der Waals surface area (Å²) in [6, 6.07) is 6.28. The van der Waals surface area contributed by atoms with Gasteiger partial charge in [0.1, 0.15) is 11.6 Å². The summed E-state index contributed by atoms with van der Waals surface area (Å²) in [7, 11) is 1.68. The summed E-state index contributed by atoms with van der Waals surface area (Å²) in [5.41, 5.74) is 17.8. The Labute approximate surface area is 147 Å². The highest BCUT2D eigenvalue weighted by molar-refractivity contribution is 6.07. The molecule has 1 aliphatic rings. The molecule has 1 aromatic carbocycles. The molecule has 0 radical (unpaired) electrons. The number of methoxy groups -OCH3 is 1. The van der Waals surface area contributed by atoms with Gasteiger partial charge in [-0.1, -0.05) is 24.3 Å². The highest BCUT2D eigenvalue weighted by atomic mass is 16.5.